The van der Waals surface area contributed by atoms with E-state index >= 15 is 0 Å². The van der Waals surface area contributed by atoms with Gasteiger partial charge >= 0.3 is 6.18 Å². The lowest BCUT2D eigenvalue weighted by Crippen LogP contribution is -2.19. The normalized spacial score (nSPS) is 11.5. The maximum Gasteiger partial charge on any atom is 0.417 e. The number of amides is 1. The van der Waals surface area contributed by atoms with Crippen LogP contribution in [0, 0.1) is 20.8 Å². The first-order valence-corrected chi connectivity index (χ1v) is 8.01. The van der Waals surface area contributed by atoms with Gasteiger partial charge in [0.2, 0.25) is 5.95 Å². The Hall–Kier alpha value is -3.23. The number of rotatable bonds is 3. The molecular formula is C18H16F3N5O. The van der Waals surface area contributed by atoms with Crippen molar-refractivity contribution in [3.8, 4) is 5.95 Å². The molecule has 0 bridgehead atoms. The van der Waals surface area contributed by atoms with Crippen LogP contribution in [0.25, 0.3) is 5.95 Å². The molecule has 0 saturated carbocycles. The highest BCUT2D eigenvalue weighted by Gasteiger charge is 2.34. The Kier molecular flexibility index (Phi) is 4.69. The zero-order valence-corrected chi connectivity index (χ0v) is 14.8. The number of carbonyl (C=O) groups is 1. The Balaban J connectivity index is 1.85. The second-order valence-corrected chi connectivity index (χ2v) is 5.93. The van der Waals surface area contributed by atoms with Gasteiger partial charge in [0.1, 0.15) is 5.82 Å². The number of halogens is 3. The molecule has 1 aromatic carbocycles. The van der Waals surface area contributed by atoms with Gasteiger partial charge in [-0.1, -0.05) is 12.1 Å². The molecule has 1 N–H and O–H groups in total. The molecule has 0 fully saturated rings. The van der Waals surface area contributed by atoms with Crippen molar-refractivity contribution < 1.29 is 18.0 Å². The molecule has 0 atom stereocenters. The fourth-order valence-electron chi connectivity index (χ4n) is 2.70. The van der Waals surface area contributed by atoms with Crippen LogP contribution < -0.4 is 5.32 Å². The van der Waals surface area contributed by atoms with Gasteiger partial charge in [0, 0.05) is 5.69 Å². The molecule has 2 heterocycles. The van der Waals surface area contributed by atoms with Crippen molar-refractivity contribution in [2.75, 3.05) is 5.32 Å². The fraction of sp³-hybridized carbons (Fsp3) is 0.222. The van der Waals surface area contributed by atoms with Crippen molar-refractivity contribution in [1.82, 2.24) is 19.5 Å². The van der Waals surface area contributed by atoms with E-state index < -0.39 is 23.2 Å². The third kappa shape index (κ3) is 3.67. The zero-order valence-electron chi connectivity index (χ0n) is 14.8. The quantitative estimate of drug-likeness (QED) is 0.755. The standard InChI is InChI=1S/C18H16F3N5O/c1-10-11(2)26(12(3)24-10)17-22-8-13(9-23-17)25-16(27)14-6-4-5-7-15(14)18(19,20)21/h4-9H,1-3H3,(H,25,27). The van der Waals surface area contributed by atoms with Crippen LogP contribution in [-0.2, 0) is 6.18 Å². The molecule has 0 saturated heterocycles. The molecule has 1 amide bonds. The SMILES string of the molecule is Cc1nc(C)n(-c2ncc(NC(=O)c3ccccc3C(F)(F)F)cn2)c1C. The molecular weight excluding hydrogens is 359 g/mol. The Labute approximate surface area is 153 Å². The van der Waals surface area contributed by atoms with Gasteiger partial charge in [-0.25, -0.2) is 15.0 Å². The number of benzene rings is 1. The Bertz CT molecular complexity index is 993. The van der Waals surface area contributed by atoms with Crippen LogP contribution in [0.5, 0.6) is 0 Å². The summed E-state index contributed by atoms with van der Waals surface area (Å²) in [5.41, 5.74) is 0.444. The number of alkyl halides is 3. The van der Waals surface area contributed by atoms with E-state index in [0.717, 1.165) is 23.5 Å². The maximum absolute atomic E-state index is 13.1. The van der Waals surface area contributed by atoms with Gasteiger partial charge < -0.3 is 5.32 Å². The molecule has 2 aromatic heterocycles. The minimum atomic E-state index is -4.62. The molecule has 0 aliphatic heterocycles. The van der Waals surface area contributed by atoms with E-state index in [-0.39, 0.29) is 5.69 Å². The fourth-order valence-corrected chi connectivity index (χ4v) is 2.70. The first kappa shape index (κ1) is 18.6. The number of hydrogen-bond donors (Lipinski definition) is 1. The van der Waals surface area contributed by atoms with E-state index in [0.29, 0.717) is 11.8 Å². The van der Waals surface area contributed by atoms with Gasteiger partial charge in [0.05, 0.1) is 34.9 Å². The van der Waals surface area contributed by atoms with Gasteiger partial charge in [-0.2, -0.15) is 13.2 Å². The number of hydrogen-bond acceptors (Lipinski definition) is 4. The lowest BCUT2D eigenvalue weighted by atomic mass is 10.1. The molecule has 0 aliphatic carbocycles. The minimum absolute atomic E-state index is 0.188. The molecule has 9 heteroatoms. The first-order chi connectivity index (χ1) is 12.7. The smallest absolute Gasteiger partial charge is 0.319 e. The highest BCUT2D eigenvalue weighted by molar-refractivity contribution is 6.05. The topological polar surface area (TPSA) is 72.7 Å². The van der Waals surface area contributed by atoms with Crippen molar-refractivity contribution in [3.63, 3.8) is 0 Å². The lowest BCUT2D eigenvalue weighted by Gasteiger charge is -2.12. The number of carbonyl (C=O) groups excluding carboxylic acids is 1. The minimum Gasteiger partial charge on any atom is -0.319 e. The lowest BCUT2D eigenvalue weighted by molar-refractivity contribution is -0.137. The largest absolute Gasteiger partial charge is 0.417 e. The van der Waals surface area contributed by atoms with E-state index in [1.807, 2.05) is 20.8 Å². The van der Waals surface area contributed by atoms with E-state index in [2.05, 4.69) is 20.3 Å². The highest BCUT2D eigenvalue weighted by Crippen LogP contribution is 2.32. The summed E-state index contributed by atoms with van der Waals surface area (Å²) in [5, 5.41) is 2.40. The average molecular weight is 375 g/mol. The molecule has 6 nitrogen and oxygen atoms in total. The van der Waals surface area contributed by atoms with Crippen molar-refractivity contribution in [2.45, 2.75) is 26.9 Å². The van der Waals surface area contributed by atoms with Crippen LogP contribution >= 0.6 is 0 Å². The van der Waals surface area contributed by atoms with Crippen LogP contribution in [0.1, 0.15) is 33.1 Å². The first-order valence-electron chi connectivity index (χ1n) is 8.01. The molecule has 0 spiro atoms. The van der Waals surface area contributed by atoms with Gasteiger partial charge in [0.15, 0.2) is 0 Å². The summed E-state index contributed by atoms with van der Waals surface area (Å²) in [7, 11) is 0. The van der Waals surface area contributed by atoms with E-state index in [1.165, 1.54) is 24.5 Å². The third-order valence-corrected chi connectivity index (χ3v) is 4.09. The van der Waals surface area contributed by atoms with Crippen molar-refractivity contribution in [3.05, 3.63) is 65.0 Å². The number of aromatic nitrogens is 4. The number of nitrogens with zero attached hydrogens (tertiary/aromatic N) is 4. The van der Waals surface area contributed by atoms with Gasteiger partial charge in [0.25, 0.3) is 5.91 Å². The maximum atomic E-state index is 13.1. The van der Waals surface area contributed by atoms with E-state index in [1.54, 1.807) is 4.57 Å². The summed E-state index contributed by atoms with van der Waals surface area (Å²) in [6.45, 7) is 5.56. The Morgan fingerprint density at radius 2 is 1.70 bits per heavy atom. The highest BCUT2D eigenvalue weighted by atomic mass is 19.4. The van der Waals surface area contributed by atoms with Gasteiger partial charge in [-0.05, 0) is 32.9 Å². The number of aryl methyl sites for hydroxylation is 2. The molecule has 0 aliphatic rings. The second kappa shape index (κ2) is 6.82. The predicted molar refractivity (Wildman–Crippen MR) is 92.8 cm³/mol. The van der Waals surface area contributed by atoms with Crippen molar-refractivity contribution >= 4 is 11.6 Å². The number of imidazole rings is 1. The van der Waals surface area contributed by atoms with Crippen LogP contribution in [0.3, 0.4) is 0 Å². The summed E-state index contributed by atoms with van der Waals surface area (Å²) in [5.74, 6) is 0.185. The van der Waals surface area contributed by atoms with Crippen LogP contribution in [0.4, 0.5) is 18.9 Å². The molecule has 27 heavy (non-hydrogen) atoms. The van der Waals surface area contributed by atoms with Crippen molar-refractivity contribution in [1.29, 1.82) is 0 Å². The Morgan fingerprint density at radius 1 is 1.07 bits per heavy atom. The average Bonchev–Trinajstić information content (AvgIpc) is 2.87. The summed E-state index contributed by atoms with van der Waals surface area (Å²) < 4.78 is 40.9. The zero-order chi connectivity index (χ0) is 19.8. The summed E-state index contributed by atoms with van der Waals surface area (Å²) in [4.78, 5) is 25.0. The Morgan fingerprint density at radius 3 is 2.26 bits per heavy atom. The number of anilines is 1. The van der Waals surface area contributed by atoms with Gasteiger partial charge in [-0.15, -0.1) is 0 Å². The predicted octanol–water partition coefficient (Wildman–Crippen LogP) is 3.86. The summed E-state index contributed by atoms with van der Waals surface area (Å²) >= 11 is 0. The monoisotopic (exact) mass is 375 g/mol. The molecule has 0 radical (unpaired) electrons. The van der Waals surface area contributed by atoms with Crippen molar-refractivity contribution in [2.24, 2.45) is 0 Å². The summed E-state index contributed by atoms with van der Waals surface area (Å²) in [6.07, 6.45) is -1.95. The third-order valence-electron chi connectivity index (χ3n) is 4.09. The second-order valence-electron chi connectivity index (χ2n) is 5.93. The van der Waals surface area contributed by atoms with Crippen LogP contribution in [0.2, 0.25) is 0 Å². The molecule has 140 valence electrons. The molecule has 3 rings (SSSR count). The van der Waals surface area contributed by atoms with Gasteiger partial charge in [-0.3, -0.25) is 9.36 Å². The van der Waals surface area contributed by atoms with E-state index in [9.17, 15) is 18.0 Å². The van der Waals surface area contributed by atoms with Crippen LogP contribution in [-0.4, -0.2) is 25.4 Å². The number of nitrogens with one attached hydrogen (secondary N) is 1. The molecule has 0 unspecified atom stereocenters. The summed E-state index contributed by atoms with van der Waals surface area (Å²) in [6, 6.07) is 4.59. The van der Waals surface area contributed by atoms with Crippen LogP contribution in [0.15, 0.2) is 36.7 Å². The van der Waals surface area contributed by atoms with E-state index in [4.69, 9.17) is 0 Å². The molecule has 3 aromatic rings.